The molecule has 0 aliphatic carbocycles. The fourth-order valence-electron chi connectivity index (χ4n) is 1.33. The van der Waals surface area contributed by atoms with Crippen molar-refractivity contribution in [3.63, 3.8) is 0 Å². The molecule has 1 aromatic rings. The van der Waals surface area contributed by atoms with Crippen LogP contribution in [-0.4, -0.2) is 34.7 Å². The van der Waals surface area contributed by atoms with Gasteiger partial charge in [-0.25, -0.2) is 4.98 Å². The Morgan fingerprint density at radius 1 is 1.79 bits per heavy atom. The van der Waals surface area contributed by atoms with Gasteiger partial charge in [0.1, 0.15) is 6.20 Å². The summed E-state index contributed by atoms with van der Waals surface area (Å²) in [5, 5.41) is 19.9. The third-order valence-electron chi connectivity index (χ3n) is 2.15. The highest BCUT2D eigenvalue weighted by Crippen LogP contribution is 2.32. The van der Waals surface area contributed by atoms with E-state index in [2.05, 4.69) is 4.98 Å². The minimum Gasteiger partial charge on any atom is -0.396 e. The van der Waals surface area contributed by atoms with E-state index >= 15 is 0 Å². The van der Waals surface area contributed by atoms with Crippen molar-refractivity contribution in [2.24, 2.45) is 5.92 Å². The number of aliphatic hydroxyl groups is 1. The number of aliphatic hydroxyl groups excluding tert-OH is 1. The highest BCUT2D eigenvalue weighted by atomic mass is 32.1. The van der Waals surface area contributed by atoms with Gasteiger partial charge in [-0.05, 0) is 11.3 Å². The summed E-state index contributed by atoms with van der Waals surface area (Å²) in [5.41, 5.74) is 0. The number of hydrogen-bond acceptors (Lipinski definition) is 6. The summed E-state index contributed by atoms with van der Waals surface area (Å²) in [6.45, 7) is 1.65. The quantitative estimate of drug-likeness (QED) is 0.586. The third-order valence-corrected chi connectivity index (χ3v) is 3.16. The number of anilines is 1. The second kappa shape index (κ2) is 3.50. The van der Waals surface area contributed by atoms with Crippen molar-refractivity contribution in [3.05, 3.63) is 16.3 Å². The van der Waals surface area contributed by atoms with Crippen LogP contribution in [0.3, 0.4) is 0 Å². The maximum absolute atomic E-state index is 10.4. The average molecular weight is 215 g/mol. The molecule has 0 spiro atoms. The summed E-state index contributed by atoms with van der Waals surface area (Å²) in [5.74, 6) is 0.290. The van der Waals surface area contributed by atoms with E-state index in [0.717, 1.165) is 24.4 Å². The van der Waals surface area contributed by atoms with Gasteiger partial charge in [0.05, 0.1) is 4.92 Å². The van der Waals surface area contributed by atoms with Gasteiger partial charge in [0.25, 0.3) is 0 Å². The normalized spacial score (nSPS) is 16.8. The molecule has 76 valence electrons. The highest BCUT2D eigenvalue weighted by Gasteiger charge is 2.29. The Hall–Kier alpha value is -1.21. The van der Waals surface area contributed by atoms with E-state index in [-0.39, 0.29) is 17.5 Å². The van der Waals surface area contributed by atoms with Gasteiger partial charge in [0, 0.05) is 25.6 Å². The van der Waals surface area contributed by atoms with Crippen molar-refractivity contribution in [2.75, 3.05) is 24.6 Å². The highest BCUT2D eigenvalue weighted by molar-refractivity contribution is 7.18. The van der Waals surface area contributed by atoms with Crippen LogP contribution in [0.5, 0.6) is 0 Å². The molecule has 7 heteroatoms. The molecule has 1 aliphatic heterocycles. The van der Waals surface area contributed by atoms with Gasteiger partial charge in [-0.3, -0.25) is 10.1 Å². The van der Waals surface area contributed by atoms with Crippen molar-refractivity contribution >= 4 is 21.5 Å². The molecule has 1 N–H and O–H groups in total. The Balaban J connectivity index is 2.01. The topological polar surface area (TPSA) is 79.5 Å². The van der Waals surface area contributed by atoms with Crippen molar-refractivity contribution in [1.29, 1.82) is 0 Å². The lowest BCUT2D eigenvalue weighted by Gasteiger charge is -2.37. The molecule has 2 heterocycles. The molecule has 0 aromatic carbocycles. The SMILES string of the molecule is O=[N+]([O-])c1cnc(N2CC(CO)C2)s1. The molecule has 1 aromatic heterocycles. The van der Waals surface area contributed by atoms with Crippen LogP contribution in [0.4, 0.5) is 10.1 Å². The Bertz CT molecular complexity index is 348. The molecule has 0 saturated carbocycles. The first-order valence-electron chi connectivity index (χ1n) is 4.16. The molecule has 1 aliphatic rings. The van der Waals surface area contributed by atoms with Crippen molar-refractivity contribution in [2.45, 2.75) is 0 Å². The van der Waals surface area contributed by atoms with Crippen LogP contribution in [0.2, 0.25) is 0 Å². The van der Waals surface area contributed by atoms with Crippen LogP contribution >= 0.6 is 11.3 Å². The molecule has 1 fully saturated rings. The Labute approximate surface area is 84.0 Å². The minimum absolute atomic E-state index is 0.0625. The molecule has 1 saturated heterocycles. The average Bonchev–Trinajstić information content (AvgIpc) is 2.51. The van der Waals surface area contributed by atoms with Crippen molar-refractivity contribution < 1.29 is 10.0 Å². The third kappa shape index (κ3) is 1.55. The molecule has 0 amide bonds. The molecule has 2 rings (SSSR count). The predicted octanol–water partition coefficient (Wildman–Crippen LogP) is 0.480. The summed E-state index contributed by atoms with van der Waals surface area (Å²) in [6.07, 6.45) is 1.27. The summed E-state index contributed by atoms with van der Waals surface area (Å²) in [6, 6.07) is 0. The number of aromatic nitrogens is 1. The second-order valence-electron chi connectivity index (χ2n) is 3.19. The van der Waals surface area contributed by atoms with E-state index in [1.807, 2.05) is 4.90 Å². The first-order chi connectivity index (χ1) is 6.70. The van der Waals surface area contributed by atoms with Gasteiger partial charge in [-0.2, -0.15) is 0 Å². The molecule has 0 unspecified atom stereocenters. The Kier molecular flexibility index (Phi) is 2.34. The maximum Gasteiger partial charge on any atom is 0.345 e. The molecular formula is C7H9N3O3S. The lowest BCUT2D eigenvalue weighted by atomic mass is 10.0. The zero-order valence-electron chi connectivity index (χ0n) is 7.29. The van der Waals surface area contributed by atoms with E-state index < -0.39 is 4.92 Å². The van der Waals surface area contributed by atoms with E-state index in [1.165, 1.54) is 6.20 Å². The lowest BCUT2D eigenvalue weighted by molar-refractivity contribution is -0.380. The summed E-state index contributed by atoms with van der Waals surface area (Å²) >= 11 is 1.07. The molecule has 14 heavy (non-hydrogen) atoms. The van der Waals surface area contributed by atoms with E-state index in [0.29, 0.717) is 5.13 Å². The van der Waals surface area contributed by atoms with Crippen LogP contribution < -0.4 is 4.90 Å². The van der Waals surface area contributed by atoms with E-state index in [1.54, 1.807) is 0 Å². The van der Waals surface area contributed by atoms with Gasteiger partial charge < -0.3 is 10.0 Å². The summed E-state index contributed by atoms with van der Waals surface area (Å²) in [4.78, 5) is 15.8. The first-order valence-corrected chi connectivity index (χ1v) is 4.98. The number of nitrogens with zero attached hydrogens (tertiary/aromatic N) is 3. The van der Waals surface area contributed by atoms with Gasteiger partial charge >= 0.3 is 5.00 Å². The number of thiazole rings is 1. The van der Waals surface area contributed by atoms with Crippen LogP contribution in [0.15, 0.2) is 6.20 Å². The predicted molar refractivity (Wildman–Crippen MR) is 51.6 cm³/mol. The first kappa shape index (κ1) is 9.35. The van der Waals surface area contributed by atoms with Gasteiger partial charge in [-0.1, -0.05) is 0 Å². The zero-order valence-corrected chi connectivity index (χ0v) is 8.11. The summed E-state index contributed by atoms with van der Waals surface area (Å²) < 4.78 is 0. The van der Waals surface area contributed by atoms with E-state index in [9.17, 15) is 10.1 Å². The largest absolute Gasteiger partial charge is 0.396 e. The maximum atomic E-state index is 10.4. The zero-order chi connectivity index (χ0) is 10.1. The van der Waals surface area contributed by atoms with Crippen LogP contribution in [0.25, 0.3) is 0 Å². The molecule has 6 nitrogen and oxygen atoms in total. The lowest BCUT2D eigenvalue weighted by Crippen LogP contribution is -2.48. The van der Waals surface area contributed by atoms with Gasteiger partial charge in [-0.15, -0.1) is 0 Å². The molecule has 0 atom stereocenters. The Morgan fingerprint density at radius 3 is 3.00 bits per heavy atom. The van der Waals surface area contributed by atoms with Crippen molar-refractivity contribution in [3.8, 4) is 0 Å². The number of nitro groups is 1. The van der Waals surface area contributed by atoms with E-state index in [4.69, 9.17) is 5.11 Å². The smallest absolute Gasteiger partial charge is 0.345 e. The number of hydrogen-bond donors (Lipinski definition) is 1. The standard InChI is InChI=1S/C7H9N3O3S/c11-4-5-2-9(3-5)7-8-1-6(14-7)10(12)13/h1,5,11H,2-4H2. The molecular weight excluding hydrogens is 206 g/mol. The fraction of sp³-hybridized carbons (Fsp3) is 0.571. The second-order valence-corrected chi connectivity index (χ2v) is 4.18. The van der Waals surface area contributed by atoms with Crippen LogP contribution in [0, 0.1) is 16.0 Å². The molecule has 0 bridgehead atoms. The molecule has 0 radical (unpaired) electrons. The monoisotopic (exact) mass is 215 g/mol. The van der Waals surface area contributed by atoms with Crippen LogP contribution in [-0.2, 0) is 0 Å². The van der Waals surface area contributed by atoms with Crippen molar-refractivity contribution in [1.82, 2.24) is 4.98 Å². The van der Waals surface area contributed by atoms with Crippen LogP contribution in [0.1, 0.15) is 0 Å². The number of rotatable bonds is 3. The Morgan fingerprint density at radius 2 is 2.50 bits per heavy atom. The van der Waals surface area contributed by atoms with Gasteiger partial charge in [0.15, 0.2) is 5.13 Å². The minimum atomic E-state index is -0.440. The summed E-state index contributed by atoms with van der Waals surface area (Å²) in [7, 11) is 0. The fourth-order valence-corrected chi connectivity index (χ4v) is 2.08. The van der Waals surface area contributed by atoms with Gasteiger partial charge in [0.2, 0.25) is 0 Å².